The molecule has 0 heterocycles. The number of benzene rings is 2. The van der Waals surface area contributed by atoms with E-state index in [1.807, 2.05) is 0 Å². The van der Waals surface area contributed by atoms with E-state index >= 15 is 0 Å². The normalized spacial score (nSPS) is 12.1. The molecule has 2 aromatic rings. The average molecular weight is 779 g/mol. The second kappa shape index (κ2) is 28.5. The largest absolute Gasteiger partial charge is 0.454 e. The van der Waals surface area contributed by atoms with Crippen molar-refractivity contribution in [1.82, 2.24) is 0 Å². The van der Waals surface area contributed by atoms with E-state index in [1.165, 1.54) is 141 Å². The van der Waals surface area contributed by atoms with Crippen LogP contribution in [-0.2, 0) is 33.1 Å². The van der Waals surface area contributed by atoms with Crippen LogP contribution in [0.25, 0.3) is 0 Å². The van der Waals surface area contributed by atoms with Gasteiger partial charge in [-0.2, -0.15) is 16.8 Å². The number of aryl methyl sites for hydroxylation is 2. The van der Waals surface area contributed by atoms with Gasteiger partial charge in [-0.05, 0) is 48.9 Å². The smallest absolute Gasteiger partial charge is 0.298 e. The molecule has 2 aromatic carbocycles. The molecular weight excluding hydrogens is 705 g/mol. The highest BCUT2D eigenvalue weighted by atomic mass is 32.2. The molecule has 0 spiro atoms. The third kappa shape index (κ3) is 21.1. The first-order valence-electron chi connectivity index (χ1n) is 21.5. The lowest BCUT2D eigenvalue weighted by Gasteiger charge is -2.19. The fraction of sp³-hybridized carbons (Fsp3) is 0.727. The molecule has 0 aliphatic carbocycles. The molecule has 0 saturated heterocycles. The molecule has 7 nitrogen and oxygen atoms in total. The molecule has 9 heteroatoms. The summed E-state index contributed by atoms with van der Waals surface area (Å²) in [5.41, 5.74) is 1.15. The summed E-state index contributed by atoms with van der Waals surface area (Å²) in [7, 11) is -9.35. The van der Waals surface area contributed by atoms with E-state index in [0.717, 1.165) is 51.4 Å². The van der Waals surface area contributed by atoms with Crippen LogP contribution in [0.1, 0.15) is 205 Å². The molecule has 0 bridgehead atoms. The van der Waals surface area contributed by atoms with Crippen molar-refractivity contribution in [1.29, 1.82) is 0 Å². The Bertz CT molecular complexity index is 1340. The van der Waals surface area contributed by atoms with Crippen molar-refractivity contribution in [2.75, 3.05) is 0 Å². The van der Waals surface area contributed by atoms with Gasteiger partial charge in [0, 0.05) is 0 Å². The van der Waals surface area contributed by atoms with Gasteiger partial charge in [0.15, 0.2) is 11.5 Å². The third-order valence-corrected chi connectivity index (χ3v) is 12.2. The maximum Gasteiger partial charge on any atom is 0.298 e. The fourth-order valence-electron chi connectivity index (χ4n) is 7.28. The topological polar surface area (TPSA) is 118 Å². The van der Waals surface area contributed by atoms with Gasteiger partial charge in [-0.1, -0.05) is 205 Å². The molecule has 0 radical (unpaired) electrons. The molecule has 53 heavy (non-hydrogen) atoms. The summed E-state index contributed by atoms with van der Waals surface area (Å²) in [6, 6.07) is 9.19. The quantitative estimate of drug-likeness (QED) is 0.0536. The second-order valence-corrected chi connectivity index (χ2v) is 18.0. The molecular formula is C44H74O7S2. The summed E-state index contributed by atoms with van der Waals surface area (Å²) in [6.07, 6.45) is 35.4. The first-order valence-corrected chi connectivity index (χ1v) is 24.3. The van der Waals surface area contributed by atoms with E-state index < -0.39 is 30.0 Å². The highest BCUT2D eigenvalue weighted by Crippen LogP contribution is 2.39. The van der Waals surface area contributed by atoms with Crippen LogP contribution < -0.4 is 4.74 Å². The van der Waals surface area contributed by atoms with Gasteiger partial charge in [-0.25, -0.2) is 0 Å². The lowest BCUT2D eigenvalue weighted by atomic mass is 10.0. The summed E-state index contributed by atoms with van der Waals surface area (Å²) < 4.78 is 76.5. The van der Waals surface area contributed by atoms with E-state index in [4.69, 9.17) is 4.74 Å². The maximum atomic E-state index is 12.5. The highest BCUT2D eigenvalue weighted by molar-refractivity contribution is 7.86. The monoisotopic (exact) mass is 778 g/mol. The first kappa shape index (κ1) is 47.2. The third-order valence-electron chi connectivity index (χ3n) is 10.5. The van der Waals surface area contributed by atoms with Gasteiger partial charge in [0.25, 0.3) is 20.2 Å². The fourth-order valence-corrected chi connectivity index (χ4v) is 8.59. The van der Waals surface area contributed by atoms with Gasteiger partial charge >= 0.3 is 0 Å². The zero-order valence-electron chi connectivity index (χ0n) is 33.4. The number of ether oxygens (including phenoxy) is 1. The van der Waals surface area contributed by atoms with E-state index in [-0.39, 0.29) is 11.5 Å². The number of para-hydroxylation sites is 2. The molecule has 2 N–H and O–H groups in total. The minimum atomic E-state index is -4.68. The second-order valence-electron chi connectivity index (χ2n) is 15.2. The summed E-state index contributed by atoms with van der Waals surface area (Å²) in [4.78, 5) is -0.819. The number of hydrogen-bond acceptors (Lipinski definition) is 5. The Kier molecular flexibility index (Phi) is 25.4. The Hall–Kier alpha value is -1.94. The van der Waals surface area contributed by atoms with E-state index in [2.05, 4.69) is 13.8 Å². The van der Waals surface area contributed by atoms with Crippen molar-refractivity contribution in [2.45, 2.75) is 216 Å². The van der Waals surface area contributed by atoms with Crippen LogP contribution in [0.3, 0.4) is 0 Å². The predicted molar refractivity (Wildman–Crippen MR) is 221 cm³/mol. The minimum absolute atomic E-state index is 0.0806. The predicted octanol–water partition coefficient (Wildman–Crippen LogP) is 14.0. The van der Waals surface area contributed by atoms with Crippen molar-refractivity contribution in [3.8, 4) is 11.5 Å². The Morgan fingerprint density at radius 2 is 0.642 bits per heavy atom. The average Bonchev–Trinajstić information content (AvgIpc) is 3.12. The number of hydrogen-bond donors (Lipinski definition) is 2. The van der Waals surface area contributed by atoms with Gasteiger partial charge in [0.05, 0.1) is 0 Å². The zero-order valence-corrected chi connectivity index (χ0v) is 35.1. The summed E-state index contributed by atoms with van der Waals surface area (Å²) >= 11 is 0. The molecule has 0 saturated carbocycles. The van der Waals surface area contributed by atoms with E-state index in [1.54, 1.807) is 24.3 Å². The SMILES string of the molecule is CCCCCCCCCCCCCCCCc1cccc(S(=O)(=O)O)c1Oc1c(CCCCCCCCCCCCCCCC)cccc1S(=O)(=O)O. The Labute approximate surface area is 325 Å². The number of rotatable bonds is 34. The van der Waals surface area contributed by atoms with Crippen LogP contribution in [-0.4, -0.2) is 25.9 Å². The van der Waals surface area contributed by atoms with Gasteiger partial charge < -0.3 is 4.74 Å². The van der Waals surface area contributed by atoms with Crippen LogP contribution in [0, 0.1) is 0 Å². The van der Waals surface area contributed by atoms with Gasteiger partial charge in [0.1, 0.15) is 9.79 Å². The molecule has 0 amide bonds. The van der Waals surface area contributed by atoms with E-state index in [0.29, 0.717) is 24.0 Å². The molecule has 304 valence electrons. The summed E-state index contributed by atoms with van der Waals surface area (Å²) in [5, 5.41) is 0. The molecule has 0 aromatic heterocycles. The first-order chi connectivity index (χ1) is 25.6. The van der Waals surface area contributed by atoms with Crippen molar-refractivity contribution in [3.63, 3.8) is 0 Å². The molecule has 0 atom stereocenters. The highest BCUT2D eigenvalue weighted by Gasteiger charge is 2.26. The van der Waals surface area contributed by atoms with Gasteiger partial charge in [-0.3, -0.25) is 9.11 Å². The zero-order chi connectivity index (χ0) is 38.6. The lowest BCUT2D eigenvalue weighted by Crippen LogP contribution is -2.08. The minimum Gasteiger partial charge on any atom is -0.454 e. The molecule has 0 fully saturated rings. The molecule has 2 rings (SSSR count). The summed E-state index contributed by atoms with van der Waals surface area (Å²) in [5.74, 6) is -0.161. The van der Waals surface area contributed by atoms with Crippen LogP contribution in [0.4, 0.5) is 0 Å². The van der Waals surface area contributed by atoms with E-state index in [9.17, 15) is 25.9 Å². The maximum absolute atomic E-state index is 12.5. The Balaban J connectivity index is 1.92. The molecule has 0 aliphatic rings. The van der Waals surface area contributed by atoms with Crippen LogP contribution in [0.15, 0.2) is 46.2 Å². The van der Waals surface area contributed by atoms with Crippen molar-refractivity contribution in [2.24, 2.45) is 0 Å². The summed E-state index contributed by atoms with van der Waals surface area (Å²) in [6.45, 7) is 4.50. The lowest BCUT2D eigenvalue weighted by molar-refractivity contribution is 0.423. The van der Waals surface area contributed by atoms with Gasteiger partial charge in [-0.15, -0.1) is 0 Å². The molecule has 0 unspecified atom stereocenters. The van der Waals surface area contributed by atoms with Crippen LogP contribution in [0.5, 0.6) is 11.5 Å². The van der Waals surface area contributed by atoms with Crippen molar-refractivity contribution < 1.29 is 30.7 Å². The Morgan fingerprint density at radius 1 is 0.396 bits per heavy atom. The van der Waals surface area contributed by atoms with Crippen molar-refractivity contribution >= 4 is 20.2 Å². The van der Waals surface area contributed by atoms with Gasteiger partial charge in [0.2, 0.25) is 0 Å². The van der Waals surface area contributed by atoms with Crippen LogP contribution in [0.2, 0.25) is 0 Å². The Morgan fingerprint density at radius 3 is 0.887 bits per heavy atom. The van der Waals surface area contributed by atoms with Crippen molar-refractivity contribution in [3.05, 3.63) is 47.5 Å². The number of unbranched alkanes of at least 4 members (excludes halogenated alkanes) is 26. The van der Waals surface area contributed by atoms with Crippen LogP contribution >= 0.6 is 0 Å². The standard InChI is InChI=1S/C44H74O7S2/c1-3-5-7-9-11-13-15-17-19-21-23-25-27-29-33-39-35-31-37-41(52(45,46)47)43(39)51-44-40(36-32-38-42(44)53(48,49)50)34-30-28-26-24-22-20-18-16-14-12-10-8-6-4-2/h31-32,35-38H,3-30,33-34H2,1-2H3,(H,45,46,47)(H,48,49,50). The molecule has 0 aliphatic heterocycles.